The average Bonchev–Trinajstić information content (AvgIpc) is 2.52. The number of nitrogen functional groups attached to an aromatic ring is 1. The van der Waals surface area contributed by atoms with Crippen LogP contribution in [0.15, 0.2) is 45.9 Å². The Morgan fingerprint density at radius 2 is 2.00 bits per heavy atom. The summed E-state index contributed by atoms with van der Waals surface area (Å²) in [5, 5.41) is 0.129. The van der Waals surface area contributed by atoms with Crippen molar-refractivity contribution in [1.29, 1.82) is 0 Å². The van der Waals surface area contributed by atoms with Crippen molar-refractivity contribution >= 4 is 77.7 Å². The molecule has 0 aliphatic heterocycles. The van der Waals surface area contributed by atoms with E-state index in [4.69, 9.17) is 10.5 Å². The van der Waals surface area contributed by atoms with E-state index < -0.39 is 13.2 Å². The van der Waals surface area contributed by atoms with Crippen LogP contribution in [0.2, 0.25) is 0 Å². The second-order valence-corrected chi connectivity index (χ2v) is 10.6. The lowest BCUT2D eigenvalue weighted by Crippen LogP contribution is -2.20. The van der Waals surface area contributed by atoms with Gasteiger partial charge >= 0.3 is 1.87 Å². The SMILES string of the molecule is Nc1cc(-n2cnc3c(F)c(Br)ccc3c2=O)ccc1OC(F)(I)I. The number of aromatic nitrogens is 2. The Labute approximate surface area is 176 Å². The van der Waals surface area contributed by atoms with E-state index in [9.17, 15) is 13.6 Å². The highest BCUT2D eigenvalue weighted by atomic mass is 127. The van der Waals surface area contributed by atoms with Crippen LogP contribution >= 0.6 is 61.1 Å². The number of halogens is 5. The summed E-state index contributed by atoms with van der Waals surface area (Å²) in [5.41, 5.74) is 5.95. The number of hydrogen-bond acceptors (Lipinski definition) is 4. The third-order valence-electron chi connectivity index (χ3n) is 3.32. The molecule has 0 amide bonds. The molecule has 130 valence electrons. The van der Waals surface area contributed by atoms with Gasteiger partial charge in [0.25, 0.3) is 5.56 Å². The molecule has 10 heteroatoms. The first-order chi connectivity index (χ1) is 11.7. The normalized spacial score (nSPS) is 11.7. The van der Waals surface area contributed by atoms with E-state index in [0.29, 0.717) is 5.69 Å². The van der Waals surface area contributed by atoms with E-state index in [-0.39, 0.29) is 26.8 Å². The number of nitrogens with two attached hydrogens (primary N) is 1. The molecule has 0 atom stereocenters. The molecule has 0 bridgehead atoms. The number of rotatable bonds is 3. The van der Waals surface area contributed by atoms with E-state index in [1.165, 1.54) is 86.4 Å². The molecule has 2 N–H and O–H groups in total. The topological polar surface area (TPSA) is 70.1 Å². The fourth-order valence-electron chi connectivity index (χ4n) is 2.22. The fraction of sp³-hybridized carbons (Fsp3) is 0.0667. The summed E-state index contributed by atoms with van der Waals surface area (Å²) in [7, 11) is 0. The van der Waals surface area contributed by atoms with Gasteiger partial charge in [-0.05, 0) is 46.3 Å². The van der Waals surface area contributed by atoms with Gasteiger partial charge in [0.05, 0.1) is 21.2 Å². The van der Waals surface area contributed by atoms with E-state index >= 15 is 0 Å². The van der Waals surface area contributed by atoms with Gasteiger partial charge in [-0.15, -0.1) is 0 Å². The second-order valence-electron chi connectivity index (χ2n) is 4.95. The maximum atomic E-state index is 14.1. The van der Waals surface area contributed by atoms with Gasteiger partial charge in [0, 0.05) is 45.2 Å². The molecule has 0 radical (unpaired) electrons. The van der Waals surface area contributed by atoms with Crippen LogP contribution < -0.4 is 16.0 Å². The maximum absolute atomic E-state index is 14.1. The fourth-order valence-corrected chi connectivity index (χ4v) is 3.02. The molecule has 0 saturated carbocycles. The maximum Gasteiger partial charge on any atom is 0.350 e. The molecule has 0 aliphatic carbocycles. The van der Waals surface area contributed by atoms with Crippen LogP contribution in [0.25, 0.3) is 16.6 Å². The van der Waals surface area contributed by atoms with Gasteiger partial charge in [-0.3, -0.25) is 9.36 Å². The number of ether oxygens (including phenoxy) is 1. The Morgan fingerprint density at radius 1 is 1.28 bits per heavy atom. The Bertz CT molecular complexity index is 1040. The first-order valence-electron chi connectivity index (χ1n) is 6.68. The Hall–Kier alpha value is -1.02. The summed E-state index contributed by atoms with van der Waals surface area (Å²) < 4.78 is 32.2. The Balaban J connectivity index is 2.11. The van der Waals surface area contributed by atoms with Crippen molar-refractivity contribution in [2.24, 2.45) is 0 Å². The van der Waals surface area contributed by atoms with Crippen molar-refractivity contribution in [2.75, 3.05) is 5.73 Å². The van der Waals surface area contributed by atoms with Crippen LogP contribution in [0, 0.1) is 5.82 Å². The lowest BCUT2D eigenvalue weighted by atomic mass is 10.2. The van der Waals surface area contributed by atoms with E-state index in [2.05, 4.69) is 20.9 Å². The monoisotopic (exact) mass is 633 g/mol. The highest BCUT2D eigenvalue weighted by Crippen LogP contribution is 2.35. The molecule has 0 aliphatic rings. The summed E-state index contributed by atoms with van der Waals surface area (Å²) >= 11 is 6.01. The lowest BCUT2D eigenvalue weighted by molar-refractivity contribution is 0.155. The largest absolute Gasteiger partial charge is 0.440 e. The quantitative estimate of drug-likeness (QED) is 0.258. The molecule has 5 nitrogen and oxygen atoms in total. The van der Waals surface area contributed by atoms with Crippen molar-refractivity contribution in [3.63, 3.8) is 0 Å². The van der Waals surface area contributed by atoms with Gasteiger partial charge in [-0.25, -0.2) is 9.37 Å². The minimum Gasteiger partial charge on any atom is -0.440 e. The molecule has 1 aromatic heterocycles. The number of alkyl halides is 3. The molecule has 3 rings (SSSR count). The van der Waals surface area contributed by atoms with Crippen LogP contribution in [0.3, 0.4) is 0 Å². The standard InChI is InChI=1S/C15H8BrF2I2N3O2/c16-9-3-2-8-13(12(9)17)22-6-23(14(8)24)7-1-4-11(10(21)5-7)25-15(18,19)20/h1-6H,21H2. The summed E-state index contributed by atoms with van der Waals surface area (Å²) in [6.45, 7) is 0. The van der Waals surface area contributed by atoms with Gasteiger partial charge in [0.2, 0.25) is 0 Å². The number of anilines is 1. The summed E-state index contributed by atoms with van der Waals surface area (Å²) in [4.78, 5) is 16.6. The summed E-state index contributed by atoms with van der Waals surface area (Å²) in [5.74, 6) is -0.458. The smallest absolute Gasteiger partial charge is 0.350 e. The molecule has 25 heavy (non-hydrogen) atoms. The summed E-state index contributed by atoms with van der Waals surface area (Å²) in [6, 6.07) is 7.37. The molecule has 0 spiro atoms. The molecular formula is C15H8BrF2I2N3O2. The second kappa shape index (κ2) is 6.95. The van der Waals surface area contributed by atoms with Gasteiger partial charge < -0.3 is 10.5 Å². The van der Waals surface area contributed by atoms with Gasteiger partial charge in [-0.1, -0.05) is 0 Å². The van der Waals surface area contributed by atoms with Crippen molar-refractivity contribution in [3.8, 4) is 11.4 Å². The molecule has 3 aromatic rings. The van der Waals surface area contributed by atoms with Crippen molar-refractivity contribution in [1.82, 2.24) is 9.55 Å². The van der Waals surface area contributed by atoms with E-state index in [1.54, 1.807) is 0 Å². The van der Waals surface area contributed by atoms with Gasteiger partial charge in [0.1, 0.15) is 17.6 Å². The molecular weight excluding hydrogens is 626 g/mol. The predicted octanol–water partition coefficient (Wildman–Crippen LogP) is 4.70. The lowest BCUT2D eigenvalue weighted by Gasteiger charge is -2.16. The average molecular weight is 634 g/mol. The van der Waals surface area contributed by atoms with Gasteiger partial charge in [-0.2, -0.15) is 4.39 Å². The van der Waals surface area contributed by atoms with Crippen LogP contribution in [0.5, 0.6) is 5.75 Å². The van der Waals surface area contributed by atoms with Crippen LogP contribution in [-0.4, -0.2) is 11.4 Å². The Morgan fingerprint density at radius 3 is 2.64 bits per heavy atom. The minimum absolute atomic E-state index is 0.0272. The van der Waals surface area contributed by atoms with Crippen LogP contribution in [0.1, 0.15) is 0 Å². The zero-order chi connectivity index (χ0) is 18.4. The highest BCUT2D eigenvalue weighted by molar-refractivity contribution is 14.2. The molecule has 2 aromatic carbocycles. The third kappa shape index (κ3) is 3.89. The van der Waals surface area contributed by atoms with Crippen molar-refractivity contribution < 1.29 is 13.5 Å². The third-order valence-corrected chi connectivity index (χ3v) is 4.37. The highest BCUT2D eigenvalue weighted by Gasteiger charge is 2.23. The predicted molar refractivity (Wildman–Crippen MR) is 112 cm³/mol. The molecule has 0 saturated heterocycles. The zero-order valence-electron chi connectivity index (χ0n) is 12.1. The number of benzene rings is 2. The van der Waals surface area contributed by atoms with Crippen molar-refractivity contribution in [3.05, 3.63) is 57.3 Å². The molecule has 0 fully saturated rings. The molecule has 0 unspecified atom stereocenters. The molecule has 1 heterocycles. The number of fused-ring (bicyclic) bond motifs is 1. The minimum atomic E-state index is -1.95. The number of nitrogens with zero attached hydrogens (tertiary/aromatic N) is 2. The van der Waals surface area contributed by atoms with E-state index in [0.717, 1.165) is 0 Å². The van der Waals surface area contributed by atoms with Crippen LogP contribution in [-0.2, 0) is 0 Å². The first kappa shape index (κ1) is 18.8. The summed E-state index contributed by atoms with van der Waals surface area (Å²) in [6.07, 6.45) is 1.21. The van der Waals surface area contributed by atoms with Gasteiger partial charge in [0.15, 0.2) is 5.82 Å². The van der Waals surface area contributed by atoms with Crippen LogP contribution in [0.4, 0.5) is 14.5 Å². The Kier molecular flexibility index (Phi) is 5.21. The van der Waals surface area contributed by atoms with Crippen molar-refractivity contribution in [2.45, 2.75) is 1.87 Å². The van der Waals surface area contributed by atoms with E-state index in [1.807, 2.05) is 0 Å². The first-order valence-corrected chi connectivity index (χ1v) is 9.63. The number of hydrogen-bond donors (Lipinski definition) is 1. The zero-order valence-corrected chi connectivity index (χ0v) is 18.0.